The van der Waals surface area contributed by atoms with E-state index in [0.717, 1.165) is 55.1 Å². The molecule has 5 aliphatic rings. The van der Waals surface area contributed by atoms with Gasteiger partial charge in [-0.25, -0.2) is 4.21 Å². The fourth-order valence-corrected chi connectivity index (χ4v) is 10.8. The van der Waals surface area contributed by atoms with Gasteiger partial charge in [0.05, 0.1) is 49.6 Å². The molecule has 1 aromatic heterocycles. The molecule has 2 aromatic carbocycles. The van der Waals surface area contributed by atoms with Crippen molar-refractivity contribution in [2.75, 3.05) is 44.1 Å². The van der Waals surface area contributed by atoms with Gasteiger partial charge in [0.25, 0.3) is 11.8 Å². The maximum atomic E-state index is 14.6. The van der Waals surface area contributed by atoms with Crippen LogP contribution in [0.25, 0.3) is 0 Å². The minimum Gasteiger partial charge on any atom is -0.490 e. The lowest BCUT2D eigenvalue weighted by Gasteiger charge is -2.46. The van der Waals surface area contributed by atoms with Gasteiger partial charge in [0, 0.05) is 36.2 Å². The molecule has 276 valence electrons. The number of ether oxygens (including phenoxy) is 3. The normalized spacial score (nSPS) is 30.8. The van der Waals surface area contributed by atoms with Gasteiger partial charge in [-0.15, -0.1) is 4.36 Å². The van der Waals surface area contributed by atoms with E-state index in [1.54, 1.807) is 23.9 Å². The molecule has 2 aliphatic carbocycles. The largest absolute Gasteiger partial charge is 0.490 e. The average molecular weight is 748 g/mol. The number of amides is 2. The molecule has 0 unspecified atom stereocenters. The number of carbonyl (C=O) groups excluding carboxylic acids is 2. The highest BCUT2D eigenvalue weighted by molar-refractivity contribution is 7.92. The Balaban J connectivity index is 1.18. The van der Waals surface area contributed by atoms with E-state index >= 15 is 0 Å². The predicted octanol–water partition coefficient (Wildman–Crippen LogP) is 6.13. The number of nitrogens with one attached hydrogen (secondary N) is 1. The van der Waals surface area contributed by atoms with Gasteiger partial charge in [-0.3, -0.25) is 19.0 Å². The van der Waals surface area contributed by atoms with Gasteiger partial charge in [0.2, 0.25) is 0 Å². The van der Waals surface area contributed by atoms with E-state index in [0.29, 0.717) is 56.9 Å². The number of hydrogen-bond acceptors (Lipinski definition) is 8. The Morgan fingerprint density at radius 2 is 2.06 bits per heavy atom. The first-order valence-electron chi connectivity index (χ1n) is 18.4. The summed E-state index contributed by atoms with van der Waals surface area (Å²) in [6, 6.07) is 13.2. The summed E-state index contributed by atoms with van der Waals surface area (Å²) in [7, 11) is -1.80. The lowest BCUT2D eigenvalue weighted by atomic mass is 9.68. The number of aromatic nitrogens is 2. The quantitative estimate of drug-likeness (QED) is 0.318. The first-order chi connectivity index (χ1) is 25.1. The Labute approximate surface area is 310 Å². The van der Waals surface area contributed by atoms with Crippen molar-refractivity contribution in [1.82, 2.24) is 14.5 Å². The monoisotopic (exact) mass is 747 g/mol. The fraction of sp³-hybridized carbons (Fsp3) is 0.513. The van der Waals surface area contributed by atoms with Gasteiger partial charge in [-0.2, -0.15) is 5.10 Å². The van der Waals surface area contributed by atoms with Gasteiger partial charge in [0.1, 0.15) is 15.7 Å². The highest BCUT2D eigenvalue weighted by atomic mass is 35.5. The molecule has 3 aliphatic heterocycles. The summed E-state index contributed by atoms with van der Waals surface area (Å²) in [5.41, 5.74) is 4.25. The molecule has 1 fully saturated rings. The van der Waals surface area contributed by atoms with Gasteiger partial charge >= 0.3 is 0 Å². The molecule has 8 rings (SSSR count). The molecule has 2 bridgehead atoms. The molecule has 6 atom stereocenters. The summed E-state index contributed by atoms with van der Waals surface area (Å²) in [5.74, 6) is -0.0528. The number of benzene rings is 2. The van der Waals surface area contributed by atoms with Gasteiger partial charge in [-0.05, 0) is 104 Å². The fourth-order valence-electron chi connectivity index (χ4n) is 8.77. The molecule has 1 N–H and O–H groups in total. The van der Waals surface area contributed by atoms with Gasteiger partial charge in [0.15, 0.2) is 5.69 Å². The van der Waals surface area contributed by atoms with Crippen molar-refractivity contribution in [3.05, 3.63) is 87.7 Å². The molecule has 0 saturated heterocycles. The van der Waals surface area contributed by atoms with E-state index < -0.39 is 21.7 Å². The topological polar surface area (TPSA) is 124 Å². The lowest BCUT2D eigenvalue weighted by molar-refractivity contribution is 0.0131. The Kier molecular flexibility index (Phi) is 9.69. The Morgan fingerprint density at radius 1 is 1.17 bits per heavy atom. The first-order valence-corrected chi connectivity index (χ1v) is 20.4. The number of methoxy groups -OCH3 is 1. The maximum absolute atomic E-state index is 14.6. The second kappa shape index (κ2) is 14.3. The van der Waals surface area contributed by atoms with Crippen molar-refractivity contribution in [3.63, 3.8) is 0 Å². The van der Waals surface area contributed by atoms with Crippen molar-refractivity contribution >= 4 is 39.0 Å². The Bertz CT molecular complexity index is 2020. The zero-order chi connectivity index (χ0) is 36.0. The third-order valence-electron chi connectivity index (χ3n) is 11.6. The molecular formula is C39H46ClN5O6S. The summed E-state index contributed by atoms with van der Waals surface area (Å²) in [5, 5.41) is 5.14. The zero-order valence-corrected chi connectivity index (χ0v) is 31.3. The van der Waals surface area contributed by atoms with E-state index in [4.69, 9.17) is 25.8 Å². The van der Waals surface area contributed by atoms with Crippen LogP contribution in [0.3, 0.4) is 0 Å². The highest BCUT2D eigenvalue weighted by Crippen LogP contribution is 2.47. The number of halogens is 1. The van der Waals surface area contributed by atoms with Crippen LogP contribution in [-0.2, 0) is 44.4 Å². The summed E-state index contributed by atoms with van der Waals surface area (Å²) >= 11 is 6.46. The zero-order valence-electron chi connectivity index (χ0n) is 29.7. The van der Waals surface area contributed by atoms with Crippen molar-refractivity contribution in [2.45, 2.75) is 70.1 Å². The van der Waals surface area contributed by atoms with Crippen LogP contribution >= 0.6 is 11.6 Å². The number of carbonyl (C=O) groups is 2. The number of fused-ring (bicyclic) bond motifs is 5. The average Bonchev–Trinajstić information content (AvgIpc) is 3.49. The van der Waals surface area contributed by atoms with Crippen molar-refractivity contribution in [3.8, 4) is 5.75 Å². The Morgan fingerprint density at radius 3 is 2.87 bits per heavy atom. The SMILES string of the molecule is CO[C@H]1/C=C/C[C@H](C)C[S@@](=O)(NC(=O)c2cc3n(n2)CCOC3)=NC(=O)c2ccc3c(c2)N(C[C@@H]2CC[C@H]21)C[C@@]1(CCCc2cc(Cl)ccc21)CO3. The van der Waals surface area contributed by atoms with E-state index in [1.165, 1.54) is 11.1 Å². The van der Waals surface area contributed by atoms with E-state index in [2.05, 4.69) is 43.4 Å². The molecule has 0 radical (unpaired) electrons. The second-order valence-electron chi connectivity index (χ2n) is 15.2. The molecule has 4 heterocycles. The number of nitrogens with zero attached hydrogens (tertiary/aromatic N) is 4. The van der Waals surface area contributed by atoms with Crippen LogP contribution < -0.4 is 14.4 Å². The van der Waals surface area contributed by atoms with Crippen LogP contribution in [0.15, 0.2) is 59.0 Å². The number of allylic oxidation sites excluding steroid dienone is 1. The van der Waals surface area contributed by atoms with Crippen molar-refractivity contribution < 1.29 is 28.0 Å². The number of rotatable bonds is 3. The smallest absolute Gasteiger partial charge is 0.286 e. The predicted molar refractivity (Wildman–Crippen MR) is 199 cm³/mol. The molecule has 52 heavy (non-hydrogen) atoms. The second-order valence-corrected chi connectivity index (χ2v) is 17.6. The highest BCUT2D eigenvalue weighted by Gasteiger charge is 2.44. The third-order valence-corrected chi connectivity index (χ3v) is 13.8. The van der Waals surface area contributed by atoms with Crippen LogP contribution in [0.5, 0.6) is 5.75 Å². The third kappa shape index (κ3) is 6.90. The molecular weight excluding hydrogens is 702 g/mol. The summed E-state index contributed by atoms with van der Waals surface area (Å²) in [6.07, 6.45) is 9.84. The van der Waals surface area contributed by atoms with Crippen LogP contribution in [-0.4, -0.2) is 71.1 Å². The van der Waals surface area contributed by atoms with Crippen LogP contribution in [0, 0.1) is 17.8 Å². The minimum absolute atomic E-state index is 0.0126. The molecule has 1 saturated carbocycles. The van der Waals surface area contributed by atoms with Gasteiger partial charge < -0.3 is 19.1 Å². The van der Waals surface area contributed by atoms with Crippen molar-refractivity contribution in [1.29, 1.82) is 0 Å². The molecule has 13 heteroatoms. The van der Waals surface area contributed by atoms with E-state index in [-0.39, 0.29) is 34.4 Å². The molecule has 11 nitrogen and oxygen atoms in total. The summed E-state index contributed by atoms with van der Waals surface area (Å²) in [6.45, 7) is 5.30. The first kappa shape index (κ1) is 35.3. The van der Waals surface area contributed by atoms with E-state index in [9.17, 15) is 13.8 Å². The Hall–Kier alpha value is -3.71. The molecule has 1 spiro atoms. The summed E-state index contributed by atoms with van der Waals surface area (Å²) < 4.78 is 41.5. The summed E-state index contributed by atoms with van der Waals surface area (Å²) in [4.78, 5) is 30.0. The van der Waals surface area contributed by atoms with Crippen molar-refractivity contribution in [2.24, 2.45) is 22.1 Å². The maximum Gasteiger partial charge on any atom is 0.286 e. The van der Waals surface area contributed by atoms with E-state index in [1.807, 2.05) is 25.1 Å². The van der Waals surface area contributed by atoms with Crippen LogP contribution in [0.2, 0.25) is 5.02 Å². The molecule has 3 aromatic rings. The number of anilines is 1. The van der Waals surface area contributed by atoms with Gasteiger partial charge in [-0.1, -0.05) is 36.7 Å². The minimum atomic E-state index is -3.57. The number of aryl methyl sites for hydroxylation is 1. The lowest BCUT2D eigenvalue weighted by Crippen LogP contribution is -2.49. The standard InChI is InChI=1S/C39H46ClN5O6S/c1-25-5-3-7-35(49-2)31-11-8-28(31)20-44-23-39(14-4-6-26-17-29(40)10-12-32(26)39)24-51-36-13-9-27(18-34(36)44)37(46)42-52(48,22-25)43-38(47)33-19-30-21-50-16-15-45(30)41-33/h3,7,9-10,12-13,17-19,25,28,31,35H,4-6,8,11,14-16,20-24H2,1-2H3,(H,42,43,46,47,48)/b7-3+/t25-,28-,31+,35-,39-,52-/m0/s1. The van der Waals surface area contributed by atoms with Crippen LogP contribution in [0.4, 0.5) is 5.69 Å². The van der Waals surface area contributed by atoms with Crippen LogP contribution in [0.1, 0.15) is 76.7 Å². The molecule has 2 amide bonds. The number of hydrogen-bond donors (Lipinski definition) is 1.